The molecule has 0 spiro atoms. The number of likely N-dealkylation sites (tertiary alicyclic amines) is 1. The Balaban J connectivity index is 2.17. The fourth-order valence-corrected chi connectivity index (χ4v) is 1.92. The smallest absolute Gasteiger partial charge is 0.257 e. The number of aliphatic hydroxyl groups is 2. The van der Waals surface area contributed by atoms with Gasteiger partial charge in [0.2, 0.25) is 0 Å². The molecule has 1 fully saturated rings. The van der Waals surface area contributed by atoms with Crippen LogP contribution in [0.1, 0.15) is 16.1 Å². The number of aliphatic hydroxyl groups excluding tert-OH is 2. The van der Waals surface area contributed by atoms with E-state index in [4.69, 9.17) is 0 Å². The van der Waals surface area contributed by atoms with Crippen LogP contribution >= 0.6 is 0 Å². The highest BCUT2D eigenvalue weighted by Crippen LogP contribution is 2.15. The molecule has 2 atom stereocenters. The third kappa shape index (κ3) is 1.81. The third-order valence-corrected chi connectivity index (χ3v) is 2.79. The second-order valence-corrected chi connectivity index (χ2v) is 4.15. The van der Waals surface area contributed by atoms with Crippen LogP contribution in [0.15, 0.2) is 6.20 Å². The van der Waals surface area contributed by atoms with Gasteiger partial charge in [0, 0.05) is 26.3 Å². The van der Waals surface area contributed by atoms with Crippen LogP contribution in [0.4, 0.5) is 0 Å². The molecule has 0 aromatic carbocycles. The van der Waals surface area contributed by atoms with Crippen molar-refractivity contribution in [2.75, 3.05) is 13.1 Å². The third-order valence-electron chi connectivity index (χ3n) is 2.79. The number of aryl methyl sites for hydroxylation is 2. The highest BCUT2D eigenvalue weighted by Gasteiger charge is 2.33. The van der Waals surface area contributed by atoms with Crippen LogP contribution in [0.5, 0.6) is 0 Å². The first-order valence-corrected chi connectivity index (χ1v) is 5.14. The minimum absolute atomic E-state index is 0.175. The van der Waals surface area contributed by atoms with E-state index in [-0.39, 0.29) is 19.0 Å². The molecule has 1 aromatic rings. The van der Waals surface area contributed by atoms with E-state index in [1.54, 1.807) is 24.9 Å². The molecule has 0 saturated carbocycles. The number of carbonyl (C=O) groups excluding carboxylic acids is 1. The van der Waals surface area contributed by atoms with E-state index in [0.717, 1.165) is 0 Å². The summed E-state index contributed by atoms with van der Waals surface area (Å²) in [5.41, 5.74) is 1.17. The van der Waals surface area contributed by atoms with Crippen LogP contribution in [0, 0.1) is 6.92 Å². The molecule has 6 heteroatoms. The maximum Gasteiger partial charge on any atom is 0.257 e. The molecule has 1 aromatic heterocycles. The Hall–Kier alpha value is -1.40. The first-order chi connectivity index (χ1) is 7.49. The Kier molecular flexibility index (Phi) is 2.69. The Labute approximate surface area is 93.1 Å². The number of carbonyl (C=O) groups is 1. The Morgan fingerprint density at radius 2 is 2.00 bits per heavy atom. The van der Waals surface area contributed by atoms with E-state index in [9.17, 15) is 15.0 Å². The van der Waals surface area contributed by atoms with Crippen LogP contribution in [0.25, 0.3) is 0 Å². The van der Waals surface area contributed by atoms with Crippen molar-refractivity contribution in [2.24, 2.45) is 7.05 Å². The number of hydrogen-bond donors (Lipinski definition) is 2. The van der Waals surface area contributed by atoms with Crippen LogP contribution < -0.4 is 0 Å². The van der Waals surface area contributed by atoms with Crippen LogP contribution in [0.3, 0.4) is 0 Å². The minimum Gasteiger partial charge on any atom is -0.388 e. The second kappa shape index (κ2) is 3.88. The van der Waals surface area contributed by atoms with Gasteiger partial charge in [-0.05, 0) is 6.92 Å². The lowest BCUT2D eigenvalue weighted by atomic mass is 10.2. The number of β-amino-alcohol motifs (C(OH)–C–C–N with tert-alkyl or cyclic N) is 2. The highest BCUT2D eigenvalue weighted by molar-refractivity contribution is 5.95. The van der Waals surface area contributed by atoms with E-state index < -0.39 is 12.2 Å². The number of rotatable bonds is 1. The summed E-state index contributed by atoms with van der Waals surface area (Å²) < 4.78 is 1.57. The average molecular weight is 225 g/mol. The van der Waals surface area contributed by atoms with Crippen molar-refractivity contribution in [1.29, 1.82) is 0 Å². The van der Waals surface area contributed by atoms with E-state index in [1.165, 1.54) is 4.90 Å². The summed E-state index contributed by atoms with van der Waals surface area (Å²) in [4.78, 5) is 13.5. The number of aromatic nitrogens is 2. The topological polar surface area (TPSA) is 78.6 Å². The van der Waals surface area contributed by atoms with E-state index in [1.807, 2.05) is 0 Å². The molecule has 16 heavy (non-hydrogen) atoms. The molecule has 6 nitrogen and oxygen atoms in total. The van der Waals surface area contributed by atoms with Crippen molar-refractivity contribution < 1.29 is 15.0 Å². The van der Waals surface area contributed by atoms with Crippen LogP contribution in [-0.4, -0.2) is 56.1 Å². The lowest BCUT2D eigenvalue weighted by Gasteiger charge is -2.14. The second-order valence-electron chi connectivity index (χ2n) is 4.15. The van der Waals surface area contributed by atoms with Gasteiger partial charge < -0.3 is 15.1 Å². The maximum atomic E-state index is 12.0. The standard InChI is InChI=1S/C10H15N3O3/c1-6-7(3-12(2)11-6)10(16)13-4-8(14)9(15)5-13/h3,8-9,14-15H,4-5H2,1-2H3. The maximum absolute atomic E-state index is 12.0. The molecule has 0 aliphatic carbocycles. The van der Waals surface area contributed by atoms with Gasteiger partial charge in [0.05, 0.1) is 23.5 Å². The molecule has 0 radical (unpaired) electrons. The molecule has 0 bridgehead atoms. The highest BCUT2D eigenvalue weighted by atomic mass is 16.3. The normalized spacial score (nSPS) is 25.1. The molecule has 2 heterocycles. The summed E-state index contributed by atoms with van der Waals surface area (Å²) in [5.74, 6) is -0.193. The van der Waals surface area contributed by atoms with Crippen molar-refractivity contribution in [3.63, 3.8) is 0 Å². The Morgan fingerprint density at radius 1 is 1.44 bits per heavy atom. The molecule has 1 aliphatic rings. The van der Waals surface area contributed by atoms with Gasteiger partial charge in [-0.25, -0.2) is 0 Å². The lowest BCUT2D eigenvalue weighted by Crippen LogP contribution is -2.30. The molecule has 1 aliphatic heterocycles. The molecule has 1 saturated heterocycles. The quantitative estimate of drug-likeness (QED) is 0.636. The SMILES string of the molecule is Cc1nn(C)cc1C(=O)N1CC(O)C(O)C1. The molecular weight excluding hydrogens is 210 g/mol. The van der Waals surface area contributed by atoms with E-state index in [2.05, 4.69) is 5.10 Å². The van der Waals surface area contributed by atoms with E-state index in [0.29, 0.717) is 11.3 Å². The minimum atomic E-state index is -0.846. The molecule has 2 rings (SSSR count). The molecular formula is C10H15N3O3. The summed E-state index contributed by atoms with van der Waals surface area (Å²) in [6.07, 6.45) is -0.0452. The molecule has 2 N–H and O–H groups in total. The summed E-state index contributed by atoms with van der Waals surface area (Å²) >= 11 is 0. The Morgan fingerprint density at radius 3 is 2.44 bits per heavy atom. The lowest BCUT2D eigenvalue weighted by molar-refractivity contribution is 0.0572. The number of hydrogen-bond acceptors (Lipinski definition) is 4. The van der Waals surface area contributed by atoms with Crippen molar-refractivity contribution in [3.8, 4) is 0 Å². The van der Waals surface area contributed by atoms with Gasteiger partial charge in [0.25, 0.3) is 5.91 Å². The fourth-order valence-electron chi connectivity index (χ4n) is 1.92. The van der Waals surface area contributed by atoms with Crippen molar-refractivity contribution in [1.82, 2.24) is 14.7 Å². The summed E-state index contributed by atoms with van der Waals surface area (Å²) in [6, 6.07) is 0. The molecule has 2 unspecified atom stereocenters. The molecule has 1 amide bonds. The van der Waals surface area contributed by atoms with Crippen molar-refractivity contribution in [2.45, 2.75) is 19.1 Å². The summed E-state index contributed by atoms with van der Waals surface area (Å²) in [6.45, 7) is 2.11. The number of nitrogens with zero attached hydrogens (tertiary/aromatic N) is 3. The average Bonchev–Trinajstić information content (AvgIpc) is 2.70. The van der Waals surface area contributed by atoms with Gasteiger partial charge in [-0.15, -0.1) is 0 Å². The van der Waals surface area contributed by atoms with Crippen LogP contribution in [0.2, 0.25) is 0 Å². The van der Waals surface area contributed by atoms with Crippen molar-refractivity contribution in [3.05, 3.63) is 17.5 Å². The zero-order chi connectivity index (χ0) is 11.9. The summed E-state index contributed by atoms with van der Waals surface area (Å²) in [5, 5.41) is 22.8. The van der Waals surface area contributed by atoms with Gasteiger partial charge in [-0.2, -0.15) is 5.10 Å². The van der Waals surface area contributed by atoms with Gasteiger partial charge in [-0.1, -0.05) is 0 Å². The van der Waals surface area contributed by atoms with Gasteiger partial charge >= 0.3 is 0 Å². The van der Waals surface area contributed by atoms with E-state index >= 15 is 0 Å². The largest absolute Gasteiger partial charge is 0.388 e. The Bertz CT molecular complexity index is 405. The first-order valence-electron chi connectivity index (χ1n) is 5.14. The zero-order valence-electron chi connectivity index (χ0n) is 9.29. The zero-order valence-corrected chi connectivity index (χ0v) is 9.29. The van der Waals surface area contributed by atoms with Crippen LogP contribution in [-0.2, 0) is 7.05 Å². The number of amides is 1. The monoisotopic (exact) mass is 225 g/mol. The van der Waals surface area contributed by atoms with Gasteiger partial charge in [0.15, 0.2) is 0 Å². The molecule has 88 valence electrons. The van der Waals surface area contributed by atoms with Crippen molar-refractivity contribution >= 4 is 5.91 Å². The first kappa shape index (κ1) is 11.1. The predicted octanol–water partition coefficient (Wildman–Crippen LogP) is -1.09. The predicted molar refractivity (Wildman–Crippen MR) is 55.9 cm³/mol. The fraction of sp³-hybridized carbons (Fsp3) is 0.600. The summed E-state index contributed by atoms with van der Waals surface area (Å²) in [7, 11) is 1.75. The van der Waals surface area contributed by atoms with Gasteiger partial charge in [0.1, 0.15) is 0 Å². The van der Waals surface area contributed by atoms with Gasteiger partial charge in [-0.3, -0.25) is 9.48 Å².